The van der Waals surface area contributed by atoms with E-state index >= 15 is 0 Å². The molecule has 2 unspecified atom stereocenters. The molecule has 1 aromatic heterocycles. The van der Waals surface area contributed by atoms with Crippen LogP contribution in [0.5, 0.6) is 0 Å². The molecular weight excluding hydrogens is 542 g/mol. The van der Waals surface area contributed by atoms with Crippen LogP contribution < -0.4 is 21.1 Å². The zero-order valence-electron chi connectivity index (χ0n) is 21.4. The molecule has 2 heterocycles. The largest absolute Gasteiger partial charge is 0.478 e. The van der Waals surface area contributed by atoms with Crippen LogP contribution in [-0.4, -0.2) is 66.3 Å². The van der Waals surface area contributed by atoms with Crippen molar-refractivity contribution < 1.29 is 37.8 Å². The van der Waals surface area contributed by atoms with Gasteiger partial charge in [-0.3, -0.25) is 14.8 Å². The van der Waals surface area contributed by atoms with Gasteiger partial charge in [0.05, 0.1) is 6.26 Å². The third-order valence-corrected chi connectivity index (χ3v) is 6.50. The van der Waals surface area contributed by atoms with Gasteiger partial charge in [-0.2, -0.15) is 0 Å². The molecule has 0 bridgehead atoms. The number of sulfonamides is 1. The number of imide groups is 1. The van der Waals surface area contributed by atoms with Crippen molar-refractivity contribution in [3.05, 3.63) is 77.5 Å². The molecule has 0 aliphatic carbocycles. The summed E-state index contributed by atoms with van der Waals surface area (Å²) >= 11 is 0. The van der Waals surface area contributed by atoms with E-state index in [1.54, 1.807) is 18.2 Å². The molecule has 2 atom stereocenters. The number of aromatic amines is 1. The lowest BCUT2D eigenvalue weighted by atomic mass is 9.85. The summed E-state index contributed by atoms with van der Waals surface area (Å²) in [7, 11) is -3.42. The second kappa shape index (κ2) is 12.9. The number of aliphatic carboxylic acids is 2. The Balaban J connectivity index is 0.000000482. The molecule has 40 heavy (non-hydrogen) atoms. The van der Waals surface area contributed by atoms with E-state index in [9.17, 15) is 27.6 Å². The summed E-state index contributed by atoms with van der Waals surface area (Å²) in [6.45, 7) is 0.516. The van der Waals surface area contributed by atoms with Gasteiger partial charge < -0.3 is 26.2 Å². The van der Waals surface area contributed by atoms with E-state index in [4.69, 9.17) is 15.9 Å². The van der Waals surface area contributed by atoms with Crippen LogP contribution in [0.3, 0.4) is 0 Å². The van der Waals surface area contributed by atoms with Gasteiger partial charge in [-0.1, -0.05) is 18.2 Å². The SMILES string of the molecule is CS(=O)(=O)Nc1cccc(CC(c2ccc3[nH]cc(CCN)c3c2)C2NC(=O)NC2=O)c1.O=C(O)C=CC(=O)O. The molecule has 0 radical (unpaired) electrons. The van der Waals surface area contributed by atoms with Crippen molar-refractivity contribution in [1.29, 1.82) is 0 Å². The molecular formula is C26H29N5O8S. The Labute approximate surface area is 229 Å². The predicted octanol–water partition coefficient (Wildman–Crippen LogP) is 1.29. The third-order valence-electron chi connectivity index (χ3n) is 5.90. The predicted molar refractivity (Wildman–Crippen MR) is 147 cm³/mol. The standard InChI is InChI=1S/C22H25N5O4S.C4H4O4/c1-32(30,31)27-16-4-2-3-13(9-16)10-18(20-21(28)26-22(29)25-20)14-5-6-19-17(11-14)15(7-8-23)12-24-19;5-3(6)1-2-4(7)8/h2-6,9,11-12,18,20,24,27H,7-8,10,23H2,1H3,(H2,25,26,28,29);1-2H,(H,5,6)(H,7,8). The number of rotatable bonds is 10. The number of carbonyl (C=O) groups is 4. The quantitative estimate of drug-likeness (QED) is 0.137. The molecule has 0 spiro atoms. The van der Waals surface area contributed by atoms with Crippen LogP contribution in [0.4, 0.5) is 10.5 Å². The Hall–Kier alpha value is -4.69. The smallest absolute Gasteiger partial charge is 0.328 e. The highest BCUT2D eigenvalue weighted by atomic mass is 32.2. The summed E-state index contributed by atoms with van der Waals surface area (Å²) in [6.07, 6.45) is 5.27. The summed E-state index contributed by atoms with van der Waals surface area (Å²) in [6, 6.07) is 11.7. The molecule has 1 saturated heterocycles. The van der Waals surface area contributed by atoms with Crippen LogP contribution in [0.25, 0.3) is 10.9 Å². The maximum atomic E-state index is 12.5. The van der Waals surface area contributed by atoms with Gasteiger partial charge in [0, 0.05) is 40.9 Å². The number of carbonyl (C=O) groups excluding carboxylic acids is 2. The number of hydrogen-bond acceptors (Lipinski definition) is 7. The molecule has 13 nitrogen and oxygen atoms in total. The highest BCUT2D eigenvalue weighted by molar-refractivity contribution is 7.92. The lowest BCUT2D eigenvalue weighted by Gasteiger charge is -2.23. The van der Waals surface area contributed by atoms with Crippen molar-refractivity contribution in [1.82, 2.24) is 15.6 Å². The van der Waals surface area contributed by atoms with E-state index in [2.05, 4.69) is 20.3 Å². The van der Waals surface area contributed by atoms with Gasteiger partial charge >= 0.3 is 18.0 Å². The fraction of sp³-hybridized carbons (Fsp3) is 0.231. The van der Waals surface area contributed by atoms with E-state index in [0.717, 1.165) is 33.8 Å². The zero-order chi connectivity index (χ0) is 29.4. The molecule has 0 saturated carbocycles. The van der Waals surface area contributed by atoms with E-state index in [1.807, 2.05) is 30.5 Å². The van der Waals surface area contributed by atoms with E-state index in [-0.39, 0.29) is 11.8 Å². The minimum Gasteiger partial charge on any atom is -0.478 e. The molecule has 3 amide bonds. The van der Waals surface area contributed by atoms with Crippen molar-refractivity contribution in [2.24, 2.45) is 5.73 Å². The van der Waals surface area contributed by atoms with Crippen LogP contribution in [0, 0.1) is 0 Å². The number of benzene rings is 2. The first-order valence-electron chi connectivity index (χ1n) is 12.0. The van der Waals surface area contributed by atoms with Gasteiger partial charge in [0.2, 0.25) is 10.0 Å². The van der Waals surface area contributed by atoms with Gasteiger partial charge in [-0.15, -0.1) is 0 Å². The Morgan fingerprint density at radius 1 is 1.10 bits per heavy atom. The second-order valence-corrected chi connectivity index (χ2v) is 10.7. The Bertz CT molecular complexity index is 1550. The highest BCUT2D eigenvalue weighted by Crippen LogP contribution is 2.31. The van der Waals surface area contributed by atoms with Gasteiger partial charge in [0.25, 0.3) is 5.91 Å². The molecule has 1 fully saturated rings. The fourth-order valence-electron chi connectivity index (χ4n) is 4.31. The Morgan fingerprint density at radius 3 is 2.38 bits per heavy atom. The van der Waals surface area contributed by atoms with E-state index in [1.165, 1.54) is 0 Å². The topological polar surface area (TPSA) is 221 Å². The average Bonchev–Trinajstić information content (AvgIpc) is 3.42. The maximum Gasteiger partial charge on any atom is 0.328 e. The molecule has 3 aromatic rings. The lowest BCUT2D eigenvalue weighted by Crippen LogP contribution is -2.36. The normalized spacial score (nSPS) is 15.7. The van der Waals surface area contributed by atoms with Gasteiger partial charge in [-0.05, 0) is 60.3 Å². The molecule has 14 heteroatoms. The van der Waals surface area contributed by atoms with Crippen LogP contribution in [0.15, 0.2) is 60.8 Å². The minimum absolute atomic E-state index is 0.361. The van der Waals surface area contributed by atoms with Crippen LogP contribution in [0.1, 0.15) is 22.6 Å². The highest BCUT2D eigenvalue weighted by Gasteiger charge is 2.37. The van der Waals surface area contributed by atoms with Gasteiger partial charge in [0.1, 0.15) is 6.04 Å². The summed E-state index contributed by atoms with van der Waals surface area (Å²) in [5.41, 5.74) is 9.95. The first-order chi connectivity index (χ1) is 18.9. The molecule has 1 aliphatic heterocycles. The van der Waals surface area contributed by atoms with Crippen molar-refractivity contribution in [3.8, 4) is 0 Å². The Morgan fingerprint density at radius 2 is 1.80 bits per heavy atom. The number of urea groups is 1. The third kappa shape index (κ3) is 8.41. The number of nitrogens with one attached hydrogen (secondary N) is 4. The van der Waals surface area contributed by atoms with Gasteiger partial charge in [0.15, 0.2) is 0 Å². The van der Waals surface area contributed by atoms with Crippen LogP contribution >= 0.6 is 0 Å². The average molecular weight is 572 g/mol. The van der Waals surface area contributed by atoms with Crippen molar-refractivity contribution in [3.63, 3.8) is 0 Å². The van der Waals surface area contributed by atoms with E-state index < -0.39 is 34.0 Å². The molecule has 8 N–H and O–H groups in total. The zero-order valence-corrected chi connectivity index (χ0v) is 22.2. The number of carboxylic acid groups (broad SMARTS) is 2. The maximum absolute atomic E-state index is 12.5. The van der Waals surface area contributed by atoms with E-state index in [0.29, 0.717) is 37.2 Å². The number of amides is 3. The summed E-state index contributed by atoms with van der Waals surface area (Å²) in [5, 5.41) is 21.7. The fourth-order valence-corrected chi connectivity index (χ4v) is 4.86. The number of fused-ring (bicyclic) bond motifs is 1. The van der Waals surface area contributed by atoms with Crippen LogP contribution in [-0.2, 0) is 37.2 Å². The van der Waals surface area contributed by atoms with Crippen molar-refractivity contribution in [2.45, 2.75) is 24.8 Å². The summed E-state index contributed by atoms with van der Waals surface area (Å²) in [4.78, 5) is 46.7. The monoisotopic (exact) mass is 571 g/mol. The number of aromatic nitrogens is 1. The minimum atomic E-state index is -3.42. The lowest BCUT2D eigenvalue weighted by molar-refractivity contribution is -0.134. The van der Waals surface area contributed by atoms with Gasteiger partial charge in [-0.25, -0.2) is 22.8 Å². The second-order valence-electron chi connectivity index (χ2n) is 8.99. The number of H-pyrrole nitrogens is 1. The molecule has 4 rings (SSSR count). The molecule has 212 valence electrons. The number of carboxylic acids is 2. The van der Waals surface area contributed by atoms with Crippen LogP contribution in [0.2, 0.25) is 0 Å². The Kier molecular flexibility index (Phi) is 9.63. The number of anilines is 1. The van der Waals surface area contributed by atoms with Crippen molar-refractivity contribution >= 4 is 50.5 Å². The molecule has 1 aliphatic rings. The summed E-state index contributed by atoms with van der Waals surface area (Å²) in [5.74, 6) is -3.26. The first-order valence-corrected chi connectivity index (χ1v) is 13.9. The van der Waals surface area contributed by atoms with Crippen molar-refractivity contribution in [2.75, 3.05) is 17.5 Å². The summed E-state index contributed by atoms with van der Waals surface area (Å²) < 4.78 is 25.7. The first kappa shape index (κ1) is 29.9. The molecule has 2 aromatic carbocycles. The number of hydrogen-bond donors (Lipinski definition) is 7. The number of nitrogens with two attached hydrogens (primary N) is 1.